The summed E-state index contributed by atoms with van der Waals surface area (Å²) in [5, 5.41) is 7.69. The number of ether oxygens (including phenoxy) is 1. The van der Waals surface area contributed by atoms with E-state index in [-0.39, 0.29) is 0 Å². The molecule has 0 aliphatic rings. The standard InChI is InChI=1S/C18H16ClN3OS/c1-13-12-24-18(21-13)22-20-10-15-4-2-3-5-17(15)23-11-14-6-8-16(19)9-7-14/h2-10,12H,11H2,1H3,(H,21,22)/b20-10+. The Balaban J connectivity index is 1.65. The first kappa shape index (κ1) is 16.5. The predicted molar refractivity (Wildman–Crippen MR) is 100 cm³/mol. The predicted octanol–water partition coefficient (Wildman–Crippen LogP) is 5.13. The fraction of sp³-hybridized carbons (Fsp3) is 0.111. The van der Waals surface area contributed by atoms with Crippen molar-refractivity contribution in [1.29, 1.82) is 0 Å². The minimum absolute atomic E-state index is 0.473. The Bertz CT molecular complexity index is 830. The van der Waals surface area contributed by atoms with E-state index >= 15 is 0 Å². The topological polar surface area (TPSA) is 46.5 Å². The Labute approximate surface area is 149 Å². The largest absolute Gasteiger partial charge is 0.488 e. The summed E-state index contributed by atoms with van der Waals surface area (Å²) in [7, 11) is 0. The lowest BCUT2D eigenvalue weighted by atomic mass is 10.2. The molecule has 0 bridgehead atoms. The van der Waals surface area contributed by atoms with Crippen molar-refractivity contribution in [3.8, 4) is 5.75 Å². The Morgan fingerprint density at radius 2 is 2.00 bits per heavy atom. The zero-order valence-electron chi connectivity index (χ0n) is 13.1. The zero-order chi connectivity index (χ0) is 16.8. The molecule has 0 saturated carbocycles. The van der Waals surface area contributed by atoms with Crippen LogP contribution in [0.1, 0.15) is 16.8 Å². The number of thiazole rings is 1. The van der Waals surface area contributed by atoms with Crippen molar-refractivity contribution in [1.82, 2.24) is 4.98 Å². The lowest BCUT2D eigenvalue weighted by Crippen LogP contribution is -1.99. The third-order valence-corrected chi connectivity index (χ3v) is 4.33. The number of hydrazone groups is 1. The number of rotatable bonds is 6. The second-order valence-electron chi connectivity index (χ2n) is 5.12. The first-order valence-corrected chi connectivity index (χ1v) is 8.64. The van der Waals surface area contributed by atoms with E-state index < -0.39 is 0 Å². The van der Waals surface area contributed by atoms with Crippen molar-refractivity contribution in [3.63, 3.8) is 0 Å². The second-order valence-corrected chi connectivity index (χ2v) is 6.41. The molecule has 0 radical (unpaired) electrons. The average Bonchev–Trinajstić information content (AvgIpc) is 3.01. The van der Waals surface area contributed by atoms with E-state index in [1.54, 1.807) is 6.21 Å². The Morgan fingerprint density at radius 3 is 2.75 bits per heavy atom. The summed E-state index contributed by atoms with van der Waals surface area (Å²) in [6.45, 7) is 2.42. The quantitative estimate of drug-likeness (QED) is 0.491. The number of nitrogens with zero attached hydrogens (tertiary/aromatic N) is 2. The van der Waals surface area contributed by atoms with Crippen LogP contribution in [0.3, 0.4) is 0 Å². The maximum absolute atomic E-state index is 5.89. The van der Waals surface area contributed by atoms with Crippen LogP contribution in [0, 0.1) is 6.92 Å². The van der Waals surface area contributed by atoms with Gasteiger partial charge in [0.2, 0.25) is 5.13 Å². The fourth-order valence-electron chi connectivity index (χ4n) is 2.02. The van der Waals surface area contributed by atoms with Crippen LogP contribution in [0.15, 0.2) is 59.0 Å². The summed E-state index contributed by atoms with van der Waals surface area (Å²) >= 11 is 7.41. The van der Waals surface area contributed by atoms with Crippen molar-refractivity contribution in [3.05, 3.63) is 75.8 Å². The van der Waals surface area contributed by atoms with Gasteiger partial charge in [0.1, 0.15) is 12.4 Å². The molecule has 3 rings (SSSR count). The molecule has 6 heteroatoms. The maximum atomic E-state index is 5.89. The normalized spacial score (nSPS) is 10.9. The molecule has 122 valence electrons. The van der Waals surface area contributed by atoms with E-state index in [2.05, 4.69) is 15.5 Å². The van der Waals surface area contributed by atoms with Crippen molar-refractivity contribution in [2.24, 2.45) is 5.10 Å². The van der Waals surface area contributed by atoms with Crippen LogP contribution >= 0.6 is 22.9 Å². The molecule has 1 N–H and O–H groups in total. The molecule has 3 aromatic rings. The van der Waals surface area contributed by atoms with E-state index in [1.165, 1.54) is 11.3 Å². The van der Waals surface area contributed by atoms with Gasteiger partial charge in [0.15, 0.2) is 0 Å². The molecule has 4 nitrogen and oxygen atoms in total. The monoisotopic (exact) mass is 357 g/mol. The van der Waals surface area contributed by atoms with Crippen molar-refractivity contribution in [2.75, 3.05) is 5.43 Å². The molecular weight excluding hydrogens is 342 g/mol. The summed E-state index contributed by atoms with van der Waals surface area (Å²) in [6.07, 6.45) is 1.73. The Morgan fingerprint density at radius 1 is 1.21 bits per heavy atom. The molecular formula is C18H16ClN3OS. The van der Waals surface area contributed by atoms with Crippen LogP contribution in [0.5, 0.6) is 5.75 Å². The molecule has 0 aliphatic carbocycles. The number of nitrogens with one attached hydrogen (secondary N) is 1. The van der Waals surface area contributed by atoms with Gasteiger partial charge < -0.3 is 4.74 Å². The van der Waals surface area contributed by atoms with Crippen LogP contribution in [0.2, 0.25) is 5.02 Å². The first-order chi connectivity index (χ1) is 11.7. The SMILES string of the molecule is Cc1csc(N/N=C/c2ccccc2OCc2ccc(Cl)cc2)n1. The average molecular weight is 358 g/mol. The molecule has 0 fully saturated rings. The van der Waals surface area contributed by atoms with Crippen LogP contribution in [-0.4, -0.2) is 11.2 Å². The minimum atomic E-state index is 0.473. The van der Waals surface area contributed by atoms with E-state index in [4.69, 9.17) is 16.3 Å². The van der Waals surface area contributed by atoms with Gasteiger partial charge in [-0.1, -0.05) is 35.9 Å². The van der Waals surface area contributed by atoms with Gasteiger partial charge in [-0.25, -0.2) is 4.98 Å². The molecule has 0 unspecified atom stereocenters. The van der Waals surface area contributed by atoms with Gasteiger partial charge in [0.05, 0.1) is 11.9 Å². The number of halogens is 1. The molecule has 0 aliphatic heterocycles. The highest BCUT2D eigenvalue weighted by atomic mass is 35.5. The third kappa shape index (κ3) is 4.57. The smallest absolute Gasteiger partial charge is 0.203 e. The van der Waals surface area contributed by atoms with Crippen LogP contribution in [0.25, 0.3) is 0 Å². The lowest BCUT2D eigenvalue weighted by molar-refractivity contribution is 0.306. The summed E-state index contributed by atoms with van der Waals surface area (Å²) in [6, 6.07) is 15.4. The minimum Gasteiger partial charge on any atom is -0.488 e. The highest BCUT2D eigenvalue weighted by Gasteiger charge is 2.02. The van der Waals surface area contributed by atoms with Crippen LogP contribution in [-0.2, 0) is 6.61 Å². The number of hydrogen-bond acceptors (Lipinski definition) is 5. The molecule has 24 heavy (non-hydrogen) atoms. The number of benzene rings is 2. The van der Waals surface area contributed by atoms with E-state index in [9.17, 15) is 0 Å². The number of hydrogen-bond donors (Lipinski definition) is 1. The highest BCUT2D eigenvalue weighted by Crippen LogP contribution is 2.19. The summed E-state index contributed by atoms with van der Waals surface area (Å²) < 4.78 is 5.89. The summed E-state index contributed by atoms with van der Waals surface area (Å²) in [5.41, 5.74) is 5.86. The molecule has 0 amide bonds. The Hall–Kier alpha value is -2.37. The third-order valence-electron chi connectivity index (χ3n) is 3.21. The lowest BCUT2D eigenvalue weighted by Gasteiger charge is -2.09. The van der Waals surface area contributed by atoms with Gasteiger partial charge in [0.25, 0.3) is 0 Å². The van der Waals surface area contributed by atoms with Crippen molar-refractivity contribution >= 4 is 34.3 Å². The van der Waals surface area contributed by atoms with E-state index in [0.717, 1.165) is 32.7 Å². The molecule has 0 atom stereocenters. The number of aryl methyl sites for hydroxylation is 1. The van der Waals surface area contributed by atoms with E-state index in [1.807, 2.05) is 60.8 Å². The Kier molecular flexibility index (Phi) is 5.46. The number of para-hydroxylation sites is 1. The van der Waals surface area contributed by atoms with E-state index in [0.29, 0.717) is 6.61 Å². The van der Waals surface area contributed by atoms with Gasteiger partial charge in [-0.2, -0.15) is 5.10 Å². The van der Waals surface area contributed by atoms with Crippen molar-refractivity contribution in [2.45, 2.75) is 13.5 Å². The molecule has 0 saturated heterocycles. The van der Waals surface area contributed by atoms with Gasteiger partial charge in [-0.05, 0) is 36.8 Å². The molecule has 1 aromatic heterocycles. The zero-order valence-corrected chi connectivity index (χ0v) is 14.6. The molecule has 2 aromatic carbocycles. The summed E-state index contributed by atoms with van der Waals surface area (Å²) in [4.78, 5) is 4.30. The molecule has 0 spiro atoms. The van der Waals surface area contributed by atoms with Crippen LogP contribution in [0.4, 0.5) is 5.13 Å². The van der Waals surface area contributed by atoms with Crippen molar-refractivity contribution < 1.29 is 4.74 Å². The fourth-order valence-corrected chi connectivity index (χ4v) is 2.79. The van der Waals surface area contributed by atoms with Gasteiger partial charge in [0, 0.05) is 16.0 Å². The number of aromatic nitrogens is 1. The first-order valence-electron chi connectivity index (χ1n) is 7.38. The van der Waals surface area contributed by atoms with Crippen LogP contribution < -0.4 is 10.2 Å². The van der Waals surface area contributed by atoms with Gasteiger partial charge in [-0.15, -0.1) is 11.3 Å². The summed E-state index contributed by atoms with van der Waals surface area (Å²) in [5.74, 6) is 0.772. The highest BCUT2D eigenvalue weighted by molar-refractivity contribution is 7.13. The van der Waals surface area contributed by atoms with Gasteiger partial charge in [-0.3, -0.25) is 5.43 Å². The maximum Gasteiger partial charge on any atom is 0.203 e. The number of anilines is 1. The van der Waals surface area contributed by atoms with Gasteiger partial charge >= 0.3 is 0 Å². The second kappa shape index (κ2) is 7.95. The molecule has 1 heterocycles.